The molecule has 5 aromatic carbocycles. The number of benzene rings is 5. The van der Waals surface area contributed by atoms with Crippen LogP contribution in [0.15, 0.2) is 164 Å². The Morgan fingerprint density at radius 3 is 1.16 bits per heavy atom. The Labute approximate surface area is 754 Å². The van der Waals surface area contributed by atoms with Gasteiger partial charge in [-0.1, -0.05) is 245 Å². The Bertz CT molecular complexity index is 4300. The van der Waals surface area contributed by atoms with Crippen LogP contribution in [0.2, 0.25) is 0 Å². The van der Waals surface area contributed by atoms with E-state index in [-0.39, 0.29) is 153 Å². The number of rotatable bonds is 22. The van der Waals surface area contributed by atoms with Gasteiger partial charge in [-0.2, -0.15) is 0 Å². The number of nitrogens with zero attached hydrogens (tertiary/aromatic N) is 2. The number of fused-ring (bicyclic) bond motifs is 5. The van der Waals surface area contributed by atoms with Crippen molar-refractivity contribution < 1.29 is 113 Å². The smallest absolute Gasteiger partial charge is 1.00 e. The van der Waals surface area contributed by atoms with Crippen LogP contribution in [0.1, 0.15) is 259 Å². The van der Waals surface area contributed by atoms with E-state index in [1.807, 2.05) is 206 Å². The molecule has 25 nitrogen and oxygen atoms in total. The summed E-state index contributed by atoms with van der Waals surface area (Å²) >= 11 is 4.82. The molecule has 0 saturated carbocycles. The van der Waals surface area contributed by atoms with Crippen LogP contribution in [0.25, 0.3) is 54.5 Å². The van der Waals surface area contributed by atoms with E-state index in [1.54, 1.807) is 79.9 Å². The van der Waals surface area contributed by atoms with Crippen LogP contribution in [0.5, 0.6) is 0 Å². The number of Topliss-reactive ketones (excluding diaryl/α,β-unsaturated/α-hetero) is 1. The van der Waals surface area contributed by atoms with Crippen molar-refractivity contribution in [1.82, 2.24) is 24.5 Å². The Balaban J connectivity index is -0.000000113. The van der Waals surface area contributed by atoms with Gasteiger partial charge in [-0.15, -0.1) is 0 Å². The summed E-state index contributed by atoms with van der Waals surface area (Å²) in [5.74, 6) is -4.28. The van der Waals surface area contributed by atoms with Crippen LogP contribution in [-0.4, -0.2) is 142 Å². The minimum absolute atomic E-state index is 0. The van der Waals surface area contributed by atoms with E-state index in [4.69, 9.17) is 26.3 Å². The van der Waals surface area contributed by atoms with Gasteiger partial charge >= 0.3 is 65.4 Å². The van der Waals surface area contributed by atoms with Crippen molar-refractivity contribution in [3.63, 3.8) is 0 Å². The third-order valence-electron chi connectivity index (χ3n) is 14.3. The van der Waals surface area contributed by atoms with E-state index in [0.717, 1.165) is 61.3 Å². The summed E-state index contributed by atoms with van der Waals surface area (Å²) in [5.41, 5.74) is 8.84. The normalized spacial score (nSPS) is 9.05. The molecule has 0 saturated heterocycles. The van der Waals surface area contributed by atoms with Crippen LogP contribution < -0.4 is 40.2 Å². The summed E-state index contributed by atoms with van der Waals surface area (Å²) in [5, 5.41) is 22.7. The van der Waals surface area contributed by atoms with Crippen LogP contribution in [0.4, 0.5) is 11.4 Å². The molecule has 5 heterocycles. The largest absolute Gasteiger partial charge is 1.00 e. The number of ether oxygens (including phenoxy) is 6. The molecule has 0 aliphatic rings. The van der Waals surface area contributed by atoms with Gasteiger partial charge in [-0.25, -0.2) is 9.59 Å². The molecule has 28 heteroatoms. The van der Waals surface area contributed by atoms with Crippen LogP contribution in [0, 0.1) is 5.92 Å². The van der Waals surface area contributed by atoms with E-state index < -0.39 is 47.8 Å². The van der Waals surface area contributed by atoms with Gasteiger partial charge in [0.2, 0.25) is 23.1 Å². The first-order valence-electron chi connectivity index (χ1n) is 38.9. The summed E-state index contributed by atoms with van der Waals surface area (Å²) in [4.78, 5) is 124. The first kappa shape index (κ1) is 134. The van der Waals surface area contributed by atoms with Crippen molar-refractivity contribution in [2.45, 2.75) is 241 Å². The van der Waals surface area contributed by atoms with Gasteiger partial charge in [0, 0.05) is 120 Å². The maximum Gasteiger partial charge on any atom is 1.00 e. The average Bonchev–Trinajstić information content (AvgIpc) is 1.63. The van der Waals surface area contributed by atoms with Crippen molar-refractivity contribution >= 4 is 150 Å². The van der Waals surface area contributed by atoms with Gasteiger partial charge in [0.25, 0.3) is 0 Å². The average molecular weight is 1720 g/mol. The number of carbonyl (C=O) groups is 10. The maximum absolute atomic E-state index is 12.4. The van der Waals surface area contributed by atoms with E-state index in [0.29, 0.717) is 42.6 Å². The molecule has 10 rings (SSSR count). The van der Waals surface area contributed by atoms with Gasteiger partial charge in [0.15, 0.2) is 11.7 Å². The molecule has 0 fully saturated rings. The Kier molecular flexibility index (Phi) is 92.4. The molecule has 2 amide bonds. The van der Waals surface area contributed by atoms with Crippen molar-refractivity contribution in [1.29, 1.82) is 0 Å². The number of anilines is 2. The molecular weight excluding hydrogens is 1570 g/mol. The van der Waals surface area contributed by atoms with Crippen LogP contribution >= 0.6 is 11.6 Å². The number of amides is 2. The topological polar surface area (TPSA) is 351 Å². The predicted molar refractivity (Wildman–Crippen MR) is 504 cm³/mol. The molecule has 121 heavy (non-hydrogen) atoms. The number of hydrogen-bond acceptors (Lipinski definition) is 18. The van der Waals surface area contributed by atoms with Crippen molar-refractivity contribution in [3.05, 3.63) is 170 Å². The number of hydrogen-bond donors (Lipinski definition) is 7. The molecule has 5 aromatic heterocycles. The van der Waals surface area contributed by atoms with E-state index >= 15 is 0 Å². The Morgan fingerprint density at radius 1 is 0.421 bits per heavy atom. The molecule has 0 aliphatic carbocycles. The second-order valence-corrected chi connectivity index (χ2v) is 21.8. The zero-order valence-corrected chi connectivity index (χ0v) is 74.7. The molecule has 0 atom stereocenters. The quantitative estimate of drug-likeness (QED) is 0.00381. The predicted octanol–water partition coefficient (Wildman–Crippen LogP) is 21.0. The van der Waals surface area contributed by atoms with Crippen LogP contribution in [0.3, 0.4) is 0 Å². The van der Waals surface area contributed by atoms with Crippen LogP contribution in [-0.2, 0) is 71.6 Å². The third-order valence-corrected chi connectivity index (χ3v) is 14.6. The molecule has 10 aromatic rings. The number of halogens is 1. The fourth-order valence-electron chi connectivity index (χ4n) is 9.22. The van der Waals surface area contributed by atoms with Gasteiger partial charge in [-0.3, -0.25) is 38.4 Å². The van der Waals surface area contributed by atoms with E-state index in [2.05, 4.69) is 72.9 Å². The molecule has 0 bridgehead atoms. The van der Waals surface area contributed by atoms with E-state index in [1.165, 1.54) is 22.4 Å². The zero-order valence-electron chi connectivity index (χ0n) is 73.0. The number of aromatic amines is 4. The number of oxime groups is 1. The molecular formula is C93H150BClN8NaO17. The number of ketones is 1. The first-order chi connectivity index (χ1) is 54.6. The number of nitrogens with one attached hydrogen (secondary N) is 6. The van der Waals surface area contributed by atoms with Gasteiger partial charge < -0.3 is 70.2 Å². The molecule has 0 spiro atoms. The number of esters is 6. The van der Waals surface area contributed by atoms with Gasteiger partial charge in [0.1, 0.15) is 6.42 Å². The second kappa shape index (κ2) is 83.4. The third kappa shape index (κ3) is 49.9. The molecule has 7 N–H and O–H groups in total. The van der Waals surface area contributed by atoms with Crippen molar-refractivity contribution in [2.24, 2.45) is 11.1 Å². The summed E-state index contributed by atoms with van der Waals surface area (Å²) in [6.45, 7) is 42.1. The Morgan fingerprint density at radius 2 is 0.769 bits per heavy atom. The maximum atomic E-state index is 12.4. The second-order valence-electron chi connectivity index (χ2n) is 21.4. The fraction of sp³-hybridized carbons (Fsp3) is 0.452. The van der Waals surface area contributed by atoms with E-state index in [9.17, 15) is 47.9 Å². The molecule has 0 unspecified atom stereocenters. The first-order valence-corrected chi connectivity index (χ1v) is 39.3. The molecule has 3 radical (unpaired) electrons. The number of aromatic nitrogens is 5. The summed E-state index contributed by atoms with van der Waals surface area (Å²) in [6.07, 6.45) is 11.2. The minimum Gasteiger partial charge on any atom is -1.00 e. The van der Waals surface area contributed by atoms with Gasteiger partial charge in [-0.05, 0) is 108 Å². The van der Waals surface area contributed by atoms with Crippen molar-refractivity contribution in [3.8, 4) is 0 Å². The fourth-order valence-corrected chi connectivity index (χ4v) is 9.22. The number of carbonyl (C=O) groups excluding carboxylic acids is 10. The molecule has 675 valence electrons. The Hall–Kier alpha value is -10.3. The minimum atomic E-state index is -1.27. The summed E-state index contributed by atoms with van der Waals surface area (Å²) < 4.78 is 29.9. The zero-order chi connectivity index (χ0) is 86.2. The number of H-pyrrole nitrogens is 4. The monoisotopic (exact) mass is 1720 g/mol. The SMILES string of the molecule is C.C.C.C.C.C.CC.CC.CC.CC.CC.CC/C(=N\O)c1c[nH]c2ccccc12.CCC(=O)Cl.CCC(=O)Nc1c[nH]c2ccccc12.CCC(=O)c1c[nH]c2ccccc12.CCOC(=O)C(C(=O)OCC)n1cc(NC(=O)CC)c2ccccc21.CCOC(=O)C(C)C(=O)OCC.CCOC(=O)CC(=O)OCC.[B].[H-].[Na+].c1ccc2[nH]ccc2c1. The summed E-state index contributed by atoms with van der Waals surface area (Å²) in [7, 11) is 0. The number of para-hydroxylation sites is 5. The van der Waals surface area contributed by atoms with Gasteiger partial charge in [0.05, 0.1) is 62.2 Å². The molecule has 0 aliphatic heterocycles. The summed E-state index contributed by atoms with van der Waals surface area (Å²) in [6, 6.07) is 39.9. The standard InChI is InChI=1S/C18H22N2O5.2C11H12N2O.C11H11NO.C8H7N.C8H14O4.C7H12O4.C3H5ClO.5C2H6.6CH4.B.Na.H/c1-4-15(21)19-13-11-20(14-10-8-7-9-12(13)14)16(17(22)24-5-2)18(23)25-6-3;1-2-10(13-14)9-7-12-11-6-4-3-5-8(9)11;1-2-11(14)13-10-7-12-9-6-4-3-5-8(9)10;1-2-11(13)9-7-12-10-6-4-3-5-8(9)10;1-2-4-8-7(3-1)5-6-9-8;1-4-11-7(9)6(3)8(10)12-5-2;1-3-10-6(8)5-7(9)11-4-2;1-2-3(4)5;5*1-2;;;;;;;;;/h7-11,16H,4-6H2,1-3H3,(H,19,21);3-7,12,14H,2H2,1H3;3-7,12H,2H2,1H3,(H,13,14);3-7,12H,2H2,1H3;1-6,9H;6H,4-5H2,1-3H3;3-5H2,1-2H3;2H2,1H3;5*1-2H3;6*1H4;;;/q;;;;;;;;;;;;;;;;;;;;+1;-1/b;13-10+;;;;;;;;;;;;;;;;;;;;. The van der Waals surface area contributed by atoms with Crippen molar-refractivity contribution in [2.75, 3.05) is 50.3 Å².